The summed E-state index contributed by atoms with van der Waals surface area (Å²) in [4.78, 5) is 29.4. The molecule has 33 heavy (non-hydrogen) atoms. The molecule has 0 unspecified atom stereocenters. The molecular formula is C27H30N4O2. The molecule has 6 nitrogen and oxygen atoms in total. The second-order valence-electron chi connectivity index (χ2n) is 10.3. The molecule has 3 aromatic rings. The van der Waals surface area contributed by atoms with E-state index >= 15 is 0 Å². The summed E-state index contributed by atoms with van der Waals surface area (Å²) in [5, 5.41) is 5.73. The molecule has 2 aliphatic carbocycles. The summed E-state index contributed by atoms with van der Waals surface area (Å²) in [6.45, 7) is 5.53. The van der Waals surface area contributed by atoms with Crippen LogP contribution in [0.5, 0.6) is 0 Å². The first-order valence-electron chi connectivity index (χ1n) is 12.1. The maximum absolute atomic E-state index is 13.0. The summed E-state index contributed by atoms with van der Waals surface area (Å²) >= 11 is 0. The molecule has 1 aromatic heterocycles. The highest BCUT2D eigenvalue weighted by atomic mass is 16.2. The molecule has 1 saturated heterocycles. The Balaban J connectivity index is 1.12. The maximum atomic E-state index is 13.0. The van der Waals surface area contributed by atoms with Crippen molar-refractivity contribution in [3.05, 3.63) is 54.2 Å². The van der Waals surface area contributed by atoms with Crippen LogP contribution in [-0.2, 0) is 11.3 Å². The van der Waals surface area contributed by atoms with Gasteiger partial charge in [0.15, 0.2) is 0 Å². The van der Waals surface area contributed by atoms with E-state index in [0.717, 1.165) is 41.8 Å². The van der Waals surface area contributed by atoms with Gasteiger partial charge < -0.3 is 9.80 Å². The molecule has 6 rings (SSSR count). The van der Waals surface area contributed by atoms with E-state index in [1.165, 1.54) is 18.4 Å². The largest absolute Gasteiger partial charge is 0.339 e. The third-order valence-corrected chi connectivity index (χ3v) is 7.61. The summed E-state index contributed by atoms with van der Waals surface area (Å²) in [6, 6.07) is 14.4. The first kappa shape index (κ1) is 20.5. The van der Waals surface area contributed by atoms with Crippen LogP contribution in [0.25, 0.3) is 22.0 Å². The summed E-state index contributed by atoms with van der Waals surface area (Å²) in [6.07, 6.45) is 6.57. The van der Waals surface area contributed by atoms with Gasteiger partial charge in [-0.3, -0.25) is 14.3 Å². The second kappa shape index (κ2) is 7.72. The molecule has 2 aromatic carbocycles. The van der Waals surface area contributed by atoms with Crippen LogP contribution >= 0.6 is 0 Å². The van der Waals surface area contributed by atoms with Gasteiger partial charge in [-0.05, 0) is 67.0 Å². The van der Waals surface area contributed by atoms with E-state index in [4.69, 9.17) is 0 Å². The summed E-state index contributed by atoms with van der Waals surface area (Å²) in [5.41, 5.74) is 3.97. The Morgan fingerprint density at radius 3 is 2.27 bits per heavy atom. The van der Waals surface area contributed by atoms with Crippen LogP contribution in [-0.4, -0.2) is 57.6 Å². The van der Waals surface area contributed by atoms with Crippen molar-refractivity contribution in [3.8, 4) is 11.1 Å². The van der Waals surface area contributed by atoms with Crippen LogP contribution in [0.3, 0.4) is 0 Å². The van der Waals surface area contributed by atoms with E-state index in [9.17, 15) is 9.59 Å². The smallest absolute Gasteiger partial charge is 0.253 e. The number of amides is 2. The van der Waals surface area contributed by atoms with Crippen molar-refractivity contribution >= 4 is 22.7 Å². The average Bonchev–Trinajstić information content (AvgIpc) is 3.78. The third kappa shape index (κ3) is 3.92. The fourth-order valence-corrected chi connectivity index (χ4v) is 4.84. The van der Waals surface area contributed by atoms with Gasteiger partial charge in [-0.25, -0.2) is 0 Å². The maximum Gasteiger partial charge on any atom is 0.253 e. The lowest BCUT2D eigenvalue weighted by molar-refractivity contribution is -0.137. The van der Waals surface area contributed by atoms with Crippen LogP contribution in [0.4, 0.5) is 0 Å². The zero-order valence-electron chi connectivity index (χ0n) is 19.2. The first-order chi connectivity index (χ1) is 16.0. The van der Waals surface area contributed by atoms with E-state index in [1.807, 2.05) is 47.2 Å². The van der Waals surface area contributed by atoms with Crippen molar-refractivity contribution in [3.63, 3.8) is 0 Å². The number of aromatic nitrogens is 2. The predicted octanol–water partition coefficient (Wildman–Crippen LogP) is 4.20. The standard InChI is InChI=1S/C27H30N4O2/c1-27(10-11-27)26(33)30-14-12-29(13-15-30)25(32)21-6-4-20(5-7-21)22-8-9-24-23(16-22)17-28-31(24)18-19-2-3-19/h4-9,16-17,19H,2-3,10-15,18H2,1H3. The Bertz CT molecular complexity index is 1210. The number of carbonyl (C=O) groups excluding carboxylic acids is 2. The van der Waals surface area contributed by atoms with Crippen LogP contribution in [0.1, 0.15) is 43.0 Å². The molecule has 0 spiro atoms. The monoisotopic (exact) mass is 442 g/mol. The predicted molar refractivity (Wildman–Crippen MR) is 128 cm³/mol. The minimum atomic E-state index is -0.138. The van der Waals surface area contributed by atoms with Gasteiger partial charge >= 0.3 is 0 Å². The Hall–Kier alpha value is -3.15. The number of hydrogen-bond acceptors (Lipinski definition) is 3. The second-order valence-corrected chi connectivity index (χ2v) is 10.3. The fraction of sp³-hybridized carbons (Fsp3) is 0.444. The van der Waals surface area contributed by atoms with E-state index in [-0.39, 0.29) is 17.2 Å². The molecule has 3 fully saturated rings. The zero-order valence-corrected chi connectivity index (χ0v) is 19.2. The van der Waals surface area contributed by atoms with Gasteiger partial charge in [0.1, 0.15) is 0 Å². The van der Waals surface area contributed by atoms with E-state index in [1.54, 1.807) is 0 Å². The van der Waals surface area contributed by atoms with Gasteiger partial charge in [-0.15, -0.1) is 0 Å². The van der Waals surface area contributed by atoms with Gasteiger partial charge in [-0.2, -0.15) is 5.10 Å². The van der Waals surface area contributed by atoms with Crippen molar-refractivity contribution in [1.29, 1.82) is 0 Å². The van der Waals surface area contributed by atoms with E-state index < -0.39 is 0 Å². The lowest BCUT2D eigenvalue weighted by atomic mass is 10.0. The molecule has 170 valence electrons. The van der Waals surface area contributed by atoms with Crippen LogP contribution in [0, 0.1) is 11.3 Å². The summed E-state index contributed by atoms with van der Waals surface area (Å²) in [5.74, 6) is 1.10. The highest BCUT2D eigenvalue weighted by Gasteiger charge is 2.47. The quantitative estimate of drug-likeness (QED) is 0.595. The molecule has 6 heteroatoms. The van der Waals surface area contributed by atoms with Gasteiger partial charge in [0, 0.05) is 49.1 Å². The molecule has 0 N–H and O–H groups in total. The molecular weight excluding hydrogens is 412 g/mol. The molecule has 0 bridgehead atoms. The molecule has 2 heterocycles. The van der Waals surface area contributed by atoms with Gasteiger partial charge in [0.2, 0.25) is 5.91 Å². The summed E-state index contributed by atoms with van der Waals surface area (Å²) in [7, 11) is 0. The van der Waals surface area contributed by atoms with Gasteiger partial charge in [0.25, 0.3) is 5.91 Å². The molecule has 2 amide bonds. The fourth-order valence-electron chi connectivity index (χ4n) is 4.84. The molecule has 0 atom stereocenters. The van der Waals surface area contributed by atoms with Crippen molar-refractivity contribution < 1.29 is 9.59 Å². The average molecular weight is 443 g/mol. The number of carbonyl (C=O) groups is 2. The Labute approximate surface area is 194 Å². The normalized spacial score (nSPS) is 19.7. The zero-order chi connectivity index (χ0) is 22.6. The molecule has 2 saturated carbocycles. The number of benzene rings is 2. The van der Waals surface area contributed by atoms with Crippen LogP contribution in [0.15, 0.2) is 48.7 Å². The third-order valence-electron chi connectivity index (χ3n) is 7.61. The minimum absolute atomic E-state index is 0.0445. The van der Waals surface area contributed by atoms with Crippen molar-refractivity contribution in [2.75, 3.05) is 26.2 Å². The topological polar surface area (TPSA) is 58.4 Å². The number of hydrogen-bond donors (Lipinski definition) is 0. The van der Waals surface area contributed by atoms with Crippen molar-refractivity contribution in [2.45, 2.75) is 39.2 Å². The first-order valence-corrected chi connectivity index (χ1v) is 12.1. The minimum Gasteiger partial charge on any atom is -0.339 e. The SMILES string of the molecule is CC1(C(=O)N2CCN(C(=O)c3ccc(-c4ccc5c(cnn5CC5CC5)c4)cc3)CC2)CC1. The number of fused-ring (bicyclic) bond motifs is 1. The molecule has 1 aliphatic heterocycles. The lowest BCUT2D eigenvalue weighted by Crippen LogP contribution is -2.52. The highest BCUT2D eigenvalue weighted by molar-refractivity contribution is 5.95. The Morgan fingerprint density at radius 1 is 0.939 bits per heavy atom. The van der Waals surface area contributed by atoms with Gasteiger partial charge in [-0.1, -0.05) is 25.1 Å². The molecule has 3 aliphatic rings. The Kier molecular flexibility index (Phi) is 4.78. The van der Waals surface area contributed by atoms with Crippen LogP contribution in [0.2, 0.25) is 0 Å². The highest BCUT2D eigenvalue weighted by Crippen LogP contribution is 2.46. The number of nitrogens with zero attached hydrogens (tertiary/aromatic N) is 4. The van der Waals surface area contributed by atoms with Crippen LogP contribution < -0.4 is 0 Å². The Morgan fingerprint density at radius 2 is 1.61 bits per heavy atom. The lowest BCUT2D eigenvalue weighted by Gasteiger charge is -2.36. The van der Waals surface area contributed by atoms with Gasteiger partial charge in [0.05, 0.1) is 11.7 Å². The van der Waals surface area contributed by atoms with E-state index in [0.29, 0.717) is 31.7 Å². The number of rotatable bonds is 5. The van der Waals surface area contributed by atoms with Crippen molar-refractivity contribution in [1.82, 2.24) is 19.6 Å². The molecule has 0 radical (unpaired) electrons. The van der Waals surface area contributed by atoms with Crippen molar-refractivity contribution in [2.24, 2.45) is 11.3 Å². The number of piperazine rings is 1. The van der Waals surface area contributed by atoms with E-state index in [2.05, 4.69) is 28.0 Å². The summed E-state index contributed by atoms with van der Waals surface area (Å²) < 4.78 is 2.12.